The number of hydrogen-bond acceptors (Lipinski definition) is 6. The molecule has 2 bridgehead atoms. The SMILES string of the molecule is Cc1cc(N2C[C@H]3CC[C@@H](C2)C3Cc2nc(Oc3ccc(F)c(Cl)c3)n(C)n2)ncn1. The van der Waals surface area contributed by atoms with Crippen molar-refractivity contribution in [2.75, 3.05) is 18.0 Å². The summed E-state index contributed by atoms with van der Waals surface area (Å²) in [4.78, 5) is 15.7. The van der Waals surface area contributed by atoms with Crippen molar-refractivity contribution in [3.8, 4) is 11.8 Å². The second-order valence-electron chi connectivity index (χ2n) is 8.50. The third-order valence-corrected chi connectivity index (χ3v) is 6.72. The number of rotatable bonds is 5. The minimum Gasteiger partial charge on any atom is -0.424 e. The number of benzene rings is 1. The largest absolute Gasteiger partial charge is 0.424 e. The molecule has 2 aromatic heterocycles. The standard InChI is InChI=1S/C22H24ClFN6O/c1-13-7-21(26-12-25-13)30-10-14-3-4-15(11-30)17(14)9-20-27-22(29(2)28-20)31-16-5-6-19(24)18(23)8-16/h5-8,12,14-15,17H,3-4,9-11H2,1-2H3/t14-,15+,17?. The lowest BCUT2D eigenvalue weighted by Gasteiger charge is -2.38. The Bertz CT molecular complexity index is 1090. The number of aryl methyl sites for hydroxylation is 2. The van der Waals surface area contributed by atoms with Crippen LogP contribution in [0.5, 0.6) is 11.8 Å². The lowest BCUT2D eigenvalue weighted by atomic mass is 9.82. The highest BCUT2D eigenvalue weighted by atomic mass is 35.5. The van der Waals surface area contributed by atoms with E-state index < -0.39 is 5.82 Å². The summed E-state index contributed by atoms with van der Waals surface area (Å²) in [5.41, 5.74) is 0.993. The van der Waals surface area contributed by atoms with Gasteiger partial charge in [-0.05, 0) is 49.7 Å². The van der Waals surface area contributed by atoms with Crippen molar-refractivity contribution in [1.82, 2.24) is 24.7 Å². The molecular weight excluding hydrogens is 419 g/mol. The summed E-state index contributed by atoms with van der Waals surface area (Å²) in [6.45, 7) is 4.00. The Labute approximate surface area is 185 Å². The lowest BCUT2D eigenvalue weighted by molar-refractivity contribution is 0.264. The highest BCUT2D eigenvalue weighted by Gasteiger charge is 2.42. The zero-order valence-electron chi connectivity index (χ0n) is 17.5. The molecule has 9 heteroatoms. The van der Waals surface area contributed by atoms with Gasteiger partial charge in [0, 0.05) is 44.4 Å². The highest BCUT2D eigenvalue weighted by Crippen LogP contribution is 2.44. The van der Waals surface area contributed by atoms with Crippen molar-refractivity contribution in [3.63, 3.8) is 0 Å². The summed E-state index contributed by atoms with van der Waals surface area (Å²) >= 11 is 5.85. The number of halogens is 2. The van der Waals surface area contributed by atoms with Gasteiger partial charge in [-0.25, -0.2) is 19.0 Å². The number of piperidine rings is 1. The summed E-state index contributed by atoms with van der Waals surface area (Å²) in [5.74, 6) is 3.49. The summed E-state index contributed by atoms with van der Waals surface area (Å²) in [7, 11) is 1.80. The van der Waals surface area contributed by atoms with Gasteiger partial charge in [-0.1, -0.05) is 11.6 Å². The van der Waals surface area contributed by atoms with Gasteiger partial charge in [0.25, 0.3) is 0 Å². The Kier molecular flexibility index (Phi) is 5.25. The molecule has 1 unspecified atom stereocenters. The van der Waals surface area contributed by atoms with Gasteiger partial charge in [-0.15, -0.1) is 0 Å². The predicted octanol–water partition coefficient (Wildman–Crippen LogP) is 4.20. The molecule has 0 spiro atoms. The Balaban J connectivity index is 1.28. The Morgan fingerprint density at radius 1 is 1.16 bits per heavy atom. The fourth-order valence-electron chi connectivity index (χ4n) is 4.92. The molecule has 3 aromatic rings. The highest BCUT2D eigenvalue weighted by molar-refractivity contribution is 6.30. The minimum atomic E-state index is -0.480. The second kappa shape index (κ2) is 8.07. The Morgan fingerprint density at radius 3 is 2.65 bits per heavy atom. The molecule has 2 aliphatic rings. The van der Waals surface area contributed by atoms with E-state index in [1.165, 1.54) is 31.0 Å². The molecule has 0 radical (unpaired) electrons. The number of ether oxygens (including phenoxy) is 1. The van der Waals surface area contributed by atoms with E-state index in [2.05, 4.69) is 31.0 Å². The van der Waals surface area contributed by atoms with Gasteiger partial charge in [0.2, 0.25) is 0 Å². The molecule has 0 amide bonds. The van der Waals surface area contributed by atoms with Crippen molar-refractivity contribution in [2.24, 2.45) is 24.8 Å². The molecule has 162 valence electrons. The van der Waals surface area contributed by atoms with Crippen LogP contribution in [-0.2, 0) is 13.5 Å². The molecule has 1 aliphatic heterocycles. The van der Waals surface area contributed by atoms with Crippen molar-refractivity contribution in [3.05, 3.63) is 53.0 Å². The summed E-state index contributed by atoms with van der Waals surface area (Å²) in [6, 6.07) is 6.68. The number of fused-ring (bicyclic) bond motifs is 2. The third-order valence-electron chi connectivity index (χ3n) is 6.43. The van der Waals surface area contributed by atoms with Crippen LogP contribution < -0.4 is 9.64 Å². The van der Waals surface area contributed by atoms with E-state index in [1.807, 2.05) is 6.92 Å². The van der Waals surface area contributed by atoms with E-state index in [9.17, 15) is 4.39 Å². The van der Waals surface area contributed by atoms with E-state index in [-0.39, 0.29) is 5.02 Å². The van der Waals surface area contributed by atoms with Gasteiger partial charge in [-0.3, -0.25) is 0 Å². The molecule has 31 heavy (non-hydrogen) atoms. The first kappa shape index (κ1) is 20.2. The number of hydrogen-bond donors (Lipinski definition) is 0. The van der Waals surface area contributed by atoms with E-state index >= 15 is 0 Å². The van der Waals surface area contributed by atoms with Crippen LogP contribution in [-0.4, -0.2) is 37.8 Å². The Hall–Kier alpha value is -2.74. The summed E-state index contributed by atoms with van der Waals surface area (Å²) in [5, 5.41) is 4.58. The monoisotopic (exact) mass is 442 g/mol. The van der Waals surface area contributed by atoms with E-state index in [4.69, 9.17) is 16.3 Å². The van der Waals surface area contributed by atoms with Gasteiger partial charge >= 0.3 is 6.01 Å². The van der Waals surface area contributed by atoms with Crippen LogP contribution in [0.4, 0.5) is 10.2 Å². The first-order valence-corrected chi connectivity index (χ1v) is 10.9. The van der Waals surface area contributed by atoms with Crippen molar-refractivity contribution in [2.45, 2.75) is 26.2 Å². The zero-order valence-corrected chi connectivity index (χ0v) is 18.3. The smallest absolute Gasteiger partial charge is 0.320 e. The number of anilines is 1. The van der Waals surface area contributed by atoms with Crippen LogP contribution in [0, 0.1) is 30.5 Å². The van der Waals surface area contributed by atoms with E-state index in [1.54, 1.807) is 18.1 Å². The van der Waals surface area contributed by atoms with Crippen molar-refractivity contribution in [1.29, 1.82) is 0 Å². The maximum absolute atomic E-state index is 13.4. The number of nitrogens with zero attached hydrogens (tertiary/aromatic N) is 6. The molecule has 3 atom stereocenters. The van der Waals surface area contributed by atoms with Crippen LogP contribution >= 0.6 is 11.6 Å². The topological polar surface area (TPSA) is 69.0 Å². The predicted molar refractivity (Wildman–Crippen MR) is 115 cm³/mol. The van der Waals surface area contributed by atoms with Crippen LogP contribution in [0.3, 0.4) is 0 Å². The Morgan fingerprint density at radius 2 is 1.94 bits per heavy atom. The van der Waals surface area contributed by atoms with Gasteiger partial charge in [0.15, 0.2) is 5.82 Å². The number of aromatic nitrogens is 5. The molecule has 1 aliphatic carbocycles. The molecule has 1 saturated heterocycles. The molecule has 3 heterocycles. The lowest BCUT2D eigenvalue weighted by Crippen LogP contribution is -2.43. The van der Waals surface area contributed by atoms with E-state index in [0.717, 1.165) is 36.8 Å². The average molecular weight is 443 g/mol. The molecule has 5 rings (SSSR count). The second-order valence-corrected chi connectivity index (χ2v) is 8.91. The van der Waals surface area contributed by atoms with E-state index in [0.29, 0.717) is 29.5 Å². The molecule has 1 aromatic carbocycles. The van der Waals surface area contributed by atoms with Gasteiger partial charge < -0.3 is 9.64 Å². The van der Waals surface area contributed by atoms with Crippen molar-refractivity contribution >= 4 is 17.4 Å². The zero-order chi connectivity index (χ0) is 21.5. The molecule has 1 saturated carbocycles. The third kappa shape index (κ3) is 4.08. The molecular formula is C22H24ClFN6O. The maximum Gasteiger partial charge on any atom is 0.320 e. The van der Waals surface area contributed by atoms with Gasteiger partial charge in [0.05, 0.1) is 5.02 Å². The van der Waals surface area contributed by atoms with Gasteiger partial charge in [0.1, 0.15) is 23.7 Å². The summed E-state index contributed by atoms with van der Waals surface area (Å²) < 4.78 is 20.8. The summed E-state index contributed by atoms with van der Waals surface area (Å²) in [6.07, 6.45) is 4.92. The quantitative estimate of drug-likeness (QED) is 0.589. The van der Waals surface area contributed by atoms with Crippen molar-refractivity contribution < 1.29 is 9.13 Å². The fraction of sp³-hybridized carbons (Fsp3) is 0.455. The average Bonchev–Trinajstić information content (AvgIpc) is 3.18. The molecule has 2 fully saturated rings. The maximum atomic E-state index is 13.4. The minimum absolute atomic E-state index is 0.0158. The van der Waals surface area contributed by atoms with Gasteiger partial charge in [-0.2, -0.15) is 10.1 Å². The normalized spacial score (nSPS) is 22.7. The van der Waals surface area contributed by atoms with Crippen LogP contribution in [0.1, 0.15) is 24.4 Å². The van der Waals surface area contributed by atoms with Crippen LogP contribution in [0.25, 0.3) is 0 Å². The first-order valence-electron chi connectivity index (χ1n) is 10.5. The van der Waals surface area contributed by atoms with Crippen LogP contribution in [0.2, 0.25) is 5.02 Å². The fourth-order valence-corrected chi connectivity index (χ4v) is 5.09. The van der Waals surface area contributed by atoms with Crippen LogP contribution in [0.15, 0.2) is 30.6 Å². The molecule has 0 N–H and O–H groups in total. The first-order chi connectivity index (χ1) is 15.0. The molecule has 7 nitrogen and oxygen atoms in total.